The summed E-state index contributed by atoms with van der Waals surface area (Å²) in [6, 6.07) is 33.3. The molecule has 4 aromatic carbocycles. The standard InChI is InChI=1S/C30H24O4S/c31-30(25-16-6-2-7-17-25)29(35(32,33)27-19-8-3-9-20-27)23-26-18-10-11-21-28(26)34-22-12-15-24-13-4-1-5-14-24/h1-21,23H,22H2/b15-12+,29-23-. The highest BCUT2D eigenvalue weighted by molar-refractivity contribution is 7.96. The highest BCUT2D eigenvalue weighted by Gasteiger charge is 2.28. The number of hydrogen-bond acceptors (Lipinski definition) is 4. The van der Waals surface area contributed by atoms with Gasteiger partial charge in [-0.3, -0.25) is 4.79 Å². The normalized spacial score (nSPS) is 11.9. The molecule has 0 saturated carbocycles. The quantitative estimate of drug-likeness (QED) is 0.203. The molecule has 0 heterocycles. The number of ketones is 1. The second-order valence-corrected chi connectivity index (χ2v) is 9.60. The fourth-order valence-corrected chi connectivity index (χ4v) is 4.90. The minimum Gasteiger partial charge on any atom is -0.489 e. The second kappa shape index (κ2) is 11.3. The molecule has 4 aromatic rings. The van der Waals surface area contributed by atoms with Gasteiger partial charge in [0.2, 0.25) is 15.6 Å². The predicted molar refractivity (Wildman–Crippen MR) is 140 cm³/mol. The highest BCUT2D eigenvalue weighted by Crippen LogP contribution is 2.28. The van der Waals surface area contributed by atoms with Crippen molar-refractivity contribution in [3.8, 4) is 5.75 Å². The minimum absolute atomic E-state index is 0.0553. The molecule has 0 fully saturated rings. The lowest BCUT2D eigenvalue weighted by Crippen LogP contribution is -2.14. The van der Waals surface area contributed by atoms with Crippen LogP contribution in [0.25, 0.3) is 12.2 Å². The Labute approximate surface area is 205 Å². The van der Waals surface area contributed by atoms with Crippen molar-refractivity contribution in [3.05, 3.63) is 143 Å². The van der Waals surface area contributed by atoms with Crippen LogP contribution in [0, 0.1) is 0 Å². The van der Waals surface area contributed by atoms with Crippen molar-refractivity contribution >= 4 is 27.8 Å². The Kier molecular flexibility index (Phi) is 7.70. The first-order valence-electron chi connectivity index (χ1n) is 11.1. The van der Waals surface area contributed by atoms with Gasteiger partial charge in [0, 0.05) is 11.1 Å². The first kappa shape index (κ1) is 23.9. The molecule has 0 N–H and O–H groups in total. The molecule has 0 bridgehead atoms. The monoisotopic (exact) mass is 480 g/mol. The minimum atomic E-state index is -4.08. The Morgan fingerprint density at radius 1 is 0.714 bits per heavy atom. The number of carbonyl (C=O) groups is 1. The molecule has 5 heteroatoms. The zero-order valence-corrected chi connectivity index (χ0v) is 19.8. The maximum atomic E-state index is 13.5. The van der Waals surface area contributed by atoms with Crippen LogP contribution in [0.2, 0.25) is 0 Å². The van der Waals surface area contributed by atoms with E-state index in [0.717, 1.165) is 5.56 Å². The second-order valence-electron chi connectivity index (χ2n) is 7.68. The Balaban J connectivity index is 1.70. The lowest BCUT2D eigenvalue weighted by molar-refractivity contribution is 0.104. The topological polar surface area (TPSA) is 60.4 Å². The van der Waals surface area contributed by atoms with Crippen LogP contribution < -0.4 is 4.74 Å². The molecular weight excluding hydrogens is 456 g/mol. The summed E-state index contributed by atoms with van der Waals surface area (Å²) in [5, 5.41) is 0. The zero-order chi connectivity index (χ0) is 24.5. The zero-order valence-electron chi connectivity index (χ0n) is 19.0. The van der Waals surface area contributed by atoms with Crippen molar-refractivity contribution in [2.45, 2.75) is 4.90 Å². The number of ether oxygens (including phenoxy) is 1. The van der Waals surface area contributed by atoms with Crippen molar-refractivity contribution in [3.63, 3.8) is 0 Å². The van der Waals surface area contributed by atoms with Crippen LogP contribution in [0.1, 0.15) is 21.5 Å². The van der Waals surface area contributed by atoms with Gasteiger partial charge in [-0.05, 0) is 35.9 Å². The first-order chi connectivity index (χ1) is 17.1. The number of rotatable bonds is 9. The van der Waals surface area contributed by atoms with Crippen molar-refractivity contribution in [1.29, 1.82) is 0 Å². The van der Waals surface area contributed by atoms with Crippen LogP contribution in [-0.4, -0.2) is 20.8 Å². The Morgan fingerprint density at radius 3 is 1.97 bits per heavy atom. The number of carbonyl (C=O) groups excluding carboxylic acids is 1. The van der Waals surface area contributed by atoms with Gasteiger partial charge >= 0.3 is 0 Å². The molecule has 0 atom stereocenters. The molecule has 0 unspecified atom stereocenters. The Hall–Kier alpha value is -4.22. The summed E-state index contributed by atoms with van der Waals surface area (Å²) < 4.78 is 33.0. The van der Waals surface area contributed by atoms with Crippen molar-refractivity contribution in [2.75, 3.05) is 6.61 Å². The van der Waals surface area contributed by atoms with Crippen LogP contribution in [-0.2, 0) is 9.84 Å². The van der Waals surface area contributed by atoms with Gasteiger partial charge in [-0.2, -0.15) is 0 Å². The van der Waals surface area contributed by atoms with Gasteiger partial charge in [0.05, 0.1) is 4.90 Å². The van der Waals surface area contributed by atoms with Crippen LogP contribution in [0.4, 0.5) is 0 Å². The van der Waals surface area contributed by atoms with Gasteiger partial charge in [0.1, 0.15) is 17.3 Å². The van der Waals surface area contributed by atoms with Crippen LogP contribution in [0.15, 0.2) is 131 Å². The molecule has 35 heavy (non-hydrogen) atoms. The molecule has 0 radical (unpaired) electrons. The maximum absolute atomic E-state index is 13.5. The summed E-state index contributed by atoms with van der Waals surface area (Å²) in [6.45, 7) is 0.285. The Bertz CT molecular complexity index is 1440. The fourth-order valence-electron chi connectivity index (χ4n) is 3.48. The van der Waals surface area contributed by atoms with Gasteiger partial charge in [0.15, 0.2) is 0 Å². The van der Waals surface area contributed by atoms with Crippen molar-refractivity contribution < 1.29 is 17.9 Å². The van der Waals surface area contributed by atoms with Crippen LogP contribution in [0.3, 0.4) is 0 Å². The molecule has 0 aromatic heterocycles. The Morgan fingerprint density at radius 2 is 1.29 bits per heavy atom. The molecule has 0 aliphatic rings. The lowest BCUT2D eigenvalue weighted by Gasteiger charge is -2.12. The van der Waals surface area contributed by atoms with Crippen LogP contribution >= 0.6 is 0 Å². The fraction of sp³-hybridized carbons (Fsp3) is 0.0333. The van der Waals surface area contributed by atoms with Crippen LogP contribution in [0.5, 0.6) is 5.75 Å². The number of sulfone groups is 1. The lowest BCUT2D eigenvalue weighted by atomic mass is 10.1. The number of benzene rings is 4. The molecule has 0 amide bonds. The molecule has 0 saturated heterocycles. The van der Waals surface area contributed by atoms with Gasteiger partial charge in [-0.1, -0.05) is 103 Å². The third-order valence-corrected chi connectivity index (χ3v) is 7.03. The third kappa shape index (κ3) is 6.02. The first-order valence-corrected chi connectivity index (χ1v) is 12.6. The molecule has 0 aliphatic heterocycles. The van der Waals surface area contributed by atoms with E-state index in [9.17, 15) is 13.2 Å². The number of para-hydroxylation sites is 1. The summed E-state index contributed by atoms with van der Waals surface area (Å²) in [4.78, 5) is 13.1. The third-order valence-electron chi connectivity index (χ3n) is 5.25. The van der Waals surface area contributed by atoms with E-state index < -0.39 is 15.6 Å². The molecular formula is C30H24O4S. The molecule has 4 rings (SSSR count). The van der Waals surface area contributed by atoms with E-state index in [1.54, 1.807) is 72.8 Å². The van der Waals surface area contributed by atoms with E-state index in [4.69, 9.17) is 4.74 Å². The number of hydrogen-bond donors (Lipinski definition) is 0. The van der Waals surface area contributed by atoms with E-state index in [-0.39, 0.29) is 16.4 Å². The summed E-state index contributed by atoms with van der Waals surface area (Å²) in [6.07, 6.45) is 5.23. The largest absolute Gasteiger partial charge is 0.489 e. The van der Waals surface area contributed by atoms with Gasteiger partial charge < -0.3 is 4.74 Å². The summed E-state index contributed by atoms with van der Waals surface area (Å²) in [7, 11) is -4.08. The highest BCUT2D eigenvalue weighted by atomic mass is 32.2. The predicted octanol–water partition coefficient (Wildman–Crippen LogP) is 6.48. The SMILES string of the molecule is O=C(/C(=C/c1ccccc1OC/C=C/c1ccccc1)S(=O)(=O)c1ccccc1)c1ccccc1. The molecule has 174 valence electrons. The average molecular weight is 481 g/mol. The smallest absolute Gasteiger partial charge is 0.210 e. The molecule has 0 spiro atoms. The number of Topliss-reactive ketones (excluding diaryl/α,β-unsaturated/α-hetero) is 1. The van der Waals surface area contributed by atoms with Crippen molar-refractivity contribution in [1.82, 2.24) is 0 Å². The summed E-state index contributed by atoms with van der Waals surface area (Å²) in [5.41, 5.74) is 1.84. The van der Waals surface area contributed by atoms with Crippen molar-refractivity contribution in [2.24, 2.45) is 0 Å². The number of allylic oxidation sites excluding steroid dienone is 1. The van der Waals surface area contributed by atoms with Gasteiger partial charge in [-0.15, -0.1) is 0 Å². The maximum Gasteiger partial charge on any atom is 0.210 e. The van der Waals surface area contributed by atoms with E-state index in [2.05, 4.69) is 0 Å². The van der Waals surface area contributed by atoms with Gasteiger partial charge in [0.25, 0.3) is 0 Å². The van der Waals surface area contributed by atoms with Gasteiger partial charge in [-0.25, -0.2) is 8.42 Å². The average Bonchev–Trinajstić information content (AvgIpc) is 2.91. The molecule has 0 aliphatic carbocycles. The summed E-state index contributed by atoms with van der Waals surface area (Å²) in [5.74, 6) is -0.0972. The van der Waals surface area contributed by atoms with E-state index in [1.165, 1.54) is 18.2 Å². The summed E-state index contributed by atoms with van der Waals surface area (Å²) >= 11 is 0. The van der Waals surface area contributed by atoms with E-state index in [1.807, 2.05) is 42.5 Å². The van der Waals surface area contributed by atoms with E-state index in [0.29, 0.717) is 16.9 Å². The molecule has 4 nitrogen and oxygen atoms in total. The van der Waals surface area contributed by atoms with E-state index >= 15 is 0 Å².